The molecule has 1 saturated heterocycles. The van der Waals surface area contributed by atoms with Crippen LogP contribution in [0, 0.1) is 11.3 Å². The molecule has 0 aliphatic carbocycles. The number of imide groups is 1. The summed E-state index contributed by atoms with van der Waals surface area (Å²) in [5.74, 6) is -1.32. The lowest BCUT2D eigenvalue weighted by atomic mass is 10.0. The maximum Gasteiger partial charge on any atom is 0.264 e. The Morgan fingerprint density at radius 2 is 2.03 bits per heavy atom. The van der Waals surface area contributed by atoms with Crippen LogP contribution < -0.4 is 10.0 Å². The highest BCUT2D eigenvalue weighted by atomic mass is 32.2. The van der Waals surface area contributed by atoms with E-state index in [0.29, 0.717) is 11.1 Å². The van der Waals surface area contributed by atoms with Gasteiger partial charge in [0.25, 0.3) is 15.9 Å². The molecule has 3 heterocycles. The molecular formula is C18H14N4O5S2. The van der Waals surface area contributed by atoms with Gasteiger partial charge in [-0.25, -0.2) is 8.42 Å². The molecule has 29 heavy (non-hydrogen) atoms. The van der Waals surface area contributed by atoms with Crippen LogP contribution in [0.5, 0.6) is 0 Å². The number of thiophene rings is 1. The maximum absolute atomic E-state index is 12.8. The standard InChI is InChI=1S/C18H14N4O5S2/c19-8-14-15(6-7-28-14)29(26,27)21-12-3-1-2-10-11(12)9-22(18(10)25)13-4-5-16(23)20-17(13)24/h1-3,6-7,13,21H,4-5,9H2,(H,20,23,24). The van der Waals surface area contributed by atoms with Crippen LogP contribution in [0.4, 0.5) is 5.69 Å². The van der Waals surface area contributed by atoms with E-state index in [1.165, 1.54) is 22.4 Å². The van der Waals surface area contributed by atoms with Gasteiger partial charge in [-0.3, -0.25) is 24.4 Å². The lowest BCUT2D eigenvalue weighted by molar-refractivity contribution is -0.136. The molecule has 1 unspecified atom stereocenters. The van der Waals surface area contributed by atoms with Gasteiger partial charge in [-0.15, -0.1) is 11.3 Å². The van der Waals surface area contributed by atoms with Crippen LogP contribution in [0.2, 0.25) is 0 Å². The second-order valence-corrected chi connectivity index (χ2v) is 9.13. The highest BCUT2D eigenvalue weighted by Crippen LogP contribution is 2.34. The third kappa shape index (κ3) is 3.26. The first kappa shape index (κ1) is 19.1. The smallest absolute Gasteiger partial charge is 0.264 e. The molecule has 2 aliphatic heterocycles. The quantitative estimate of drug-likeness (QED) is 0.699. The molecule has 0 saturated carbocycles. The van der Waals surface area contributed by atoms with Crippen molar-refractivity contribution in [1.82, 2.24) is 10.2 Å². The van der Waals surface area contributed by atoms with Crippen molar-refractivity contribution in [3.05, 3.63) is 45.6 Å². The van der Waals surface area contributed by atoms with Crippen molar-refractivity contribution < 1.29 is 22.8 Å². The molecule has 1 atom stereocenters. The Bertz CT molecular complexity index is 1200. The predicted molar refractivity (Wildman–Crippen MR) is 102 cm³/mol. The van der Waals surface area contributed by atoms with Crippen molar-refractivity contribution in [2.75, 3.05) is 4.72 Å². The number of amides is 3. The summed E-state index contributed by atoms with van der Waals surface area (Å²) in [5.41, 5.74) is 0.945. The van der Waals surface area contributed by atoms with Crippen LogP contribution in [0.1, 0.15) is 33.6 Å². The number of carbonyl (C=O) groups is 3. The van der Waals surface area contributed by atoms with E-state index in [-0.39, 0.29) is 40.8 Å². The Balaban J connectivity index is 1.65. The van der Waals surface area contributed by atoms with Crippen LogP contribution in [0.3, 0.4) is 0 Å². The number of sulfonamides is 1. The summed E-state index contributed by atoms with van der Waals surface area (Å²) in [5, 5.41) is 12.8. The SMILES string of the molecule is N#Cc1sccc1S(=O)(=O)Nc1cccc2c1CN(C1CCC(=O)NC1=O)C2=O. The fraction of sp³-hybridized carbons (Fsp3) is 0.222. The normalized spacial score (nSPS) is 18.9. The zero-order chi connectivity index (χ0) is 20.8. The molecule has 2 aromatic rings. The molecule has 0 bridgehead atoms. The molecule has 148 valence electrons. The van der Waals surface area contributed by atoms with Crippen molar-refractivity contribution in [1.29, 1.82) is 5.26 Å². The summed E-state index contributed by atoms with van der Waals surface area (Å²) in [6.07, 6.45) is 0.344. The van der Waals surface area contributed by atoms with Crippen LogP contribution in [0.25, 0.3) is 0 Å². The third-order valence-corrected chi connectivity index (χ3v) is 7.20. The van der Waals surface area contributed by atoms with E-state index >= 15 is 0 Å². The molecule has 9 nitrogen and oxygen atoms in total. The van der Waals surface area contributed by atoms with Gasteiger partial charge in [0, 0.05) is 24.1 Å². The third-order valence-electron chi connectivity index (χ3n) is 4.85. The number of fused-ring (bicyclic) bond motifs is 1. The van der Waals surface area contributed by atoms with Gasteiger partial charge in [-0.1, -0.05) is 6.07 Å². The van der Waals surface area contributed by atoms with Gasteiger partial charge in [-0.05, 0) is 30.0 Å². The fourth-order valence-electron chi connectivity index (χ4n) is 3.47. The molecule has 2 aliphatic rings. The highest BCUT2D eigenvalue weighted by molar-refractivity contribution is 7.93. The monoisotopic (exact) mass is 430 g/mol. The number of benzene rings is 1. The minimum atomic E-state index is -4.03. The minimum Gasteiger partial charge on any atom is -0.322 e. The topological polar surface area (TPSA) is 136 Å². The number of anilines is 1. The Morgan fingerprint density at radius 3 is 2.76 bits per heavy atom. The number of nitrogens with one attached hydrogen (secondary N) is 2. The number of nitriles is 1. The number of nitrogens with zero attached hydrogens (tertiary/aromatic N) is 2. The van der Waals surface area contributed by atoms with Crippen LogP contribution >= 0.6 is 11.3 Å². The summed E-state index contributed by atoms with van der Waals surface area (Å²) < 4.78 is 27.9. The van der Waals surface area contributed by atoms with Gasteiger partial charge in [0.1, 0.15) is 21.9 Å². The van der Waals surface area contributed by atoms with Crippen molar-refractivity contribution in [3.63, 3.8) is 0 Å². The van der Waals surface area contributed by atoms with E-state index in [9.17, 15) is 22.8 Å². The van der Waals surface area contributed by atoms with Crippen molar-refractivity contribution in [2.24, 2.45) is 0 Å². The molecule has 1 fully saturated rings. The first-order chi connectivity index (χ1) is 13.8. The Morgan fingerprint density at radius 1 is 1.24 bits per heavy atom. The van der Waals surface area contributed by atoms with E-state index in [0.717, 1.165) is 11.3 Å². The van der Waals surface area contributed by atoms with Gasteiger partial charge in [-0.2, -0.15) is 5.26 Å². The molecule has 1 aromatic heterocycles. The number of carbonyl (C=O) groups excluding carboxylic acids is 3. The predicted octanol–water partition coefficient (Wildman–Crippen LogP) is 1.18. The van der Waals surface area contributed by atoms with E-state index in [1.807, 2.05) is 6.07 Å². The Kier molecular flexibility index (Phi) is 4.60. The van der Waals surface area contributed by atoms with E-state index in [4.69, 9.17) is 5.26 Å². The zero-order valence-electron chi connectivity index (χ0n) is 14.8. The average Bonchev–Trinajstić information content (AvgIpc) is 3.28. The number of rotatable bonds is 4. The highest BCUT2D eigenvalue weighted by Gasteiger charge is 2.40. The molecule has 11 heteroatoms. The second-order valence-electron chi connectivity index (χ2n) is 6.56. The minimum absolute atomic E-state index is 0.0356. The average molecular weight is 430 g/mol. The summed E-state index contributed by atoms with van der Waals surface area (Å²) in [7, 11) is -4.03. The number of hydrogen-bond donors (Lipinski definition) is 2. The van der Waals surface area contributed by atoms with Crippen LogP contribution in [0.15, 0.2) is 34.5 Å². The molecular weight excluding hydrogens is 416 g/mol. The zero-order valence-corrected chi connectivity index (χ0v) is 16.5. The summed E-state index contributed by atoms with van der Waals surface area (Å²) in [6.45, 7) is 0.0356. The summed E-state index contributed by atoms with van der Waals surface area (Å²) in [6, 6.07) is 7.03. The lowest BCUT2D eigenvalue weighted by Crippen LogP contribution is -2.52. The molecule has 4 rings (SSSR count). The molecule has 3 amide bonds. The van der Waals surface area contributed by atoms with Gasteiger partial charge in [0.15, 0.2) is 0 Å². The molecule has 1 aromatic carbocycles. The summed E-state index contributed by atoms with van der Waals surface area (Å²) >= 11 is 1.02. The lowest BCUT2D eigenvalue weighted by Gasteiger charge is -2.29. The number of piperidine rings is 1. The van der Waals surface area contributed by atoms with E-state index in [2.05, 4.69) is 10.0 Å². The van der Waals surface area contributed by atoms with Gasteiger partial charge in [0.2, 0.25) is 11.8 Å². The Labute approximate surface area is 170 Å². The Hall–Kier alpha value is -3.23. The van der Waals surface area contributed by atoms with Gasteiger partial charge < -0.3 is 4.90 Å². The van der Waals surface area contributed by atoms with E-state index in [1.54, 1.807) is 12.1 Å². The van der Waals surface area contributed by atoms with Crippen molar-refractivity contribution >= 4 is 44.8 Å². The van der Waals surface area contributed by atoms with Gasteiger partial charge in [0.05, 0.1) is 5.69 Å². The first-order valence-corrected chi connectivity index (χ1v) is 10.9. The summed E-state index contributed by atoms with van der Waals surface area (Å²) in [4.78, 5) is 37.6. The maximum atomic E-state index is 12.8. The van der Waals surface area contributed by atoms with Crippen molar-refractivity contribution in [3.8, 4) is 6.07 Å². The first-order valence-electron chi connectivity index (χ1n) is 8.59. The van der Waals surface area contributed by atoms with Gasteiger partial charge >= 0.3 is 0 Å². The fourth-order valence-corrected chi connectivity index (χ4v) is 5.74. The molecule has 0 spiro atoms. The van der Waals surface area contributed by atoms with Crippen LogP contribution in [-0.2, 0) is 26.2 Å². The second kappa shape index (κ2) is 6.98. The van der Waals surface area contributed by atoms with Crippen molar-refractivity contribution in [2.45, 2.75) is 30.3 Å². The largest absolute Gasteiger partial charge is 0.322 e. The number of hydrogen-bond acceptors (Lipinski definition) is 7. The molecule has 2 N–H and O–H groups in total. The van der Waals surface area contributed by atoms with E-state index < -0.39 is 27.9 Å². The van der Waals surface area contributed by atoms with Crippen LogP contribution in [-0.4, -0.2) is 37.1 Å². The molecule has 0 radical (unpaired) electrons.